The maximum absolute atomic E-state index is 6.19. The molecule has 2 nitrogen and oxygen atoms in total. The van der Waals surface area contributed by atoms with Gasteiger partial charge in [-0.05, 0) is 30.7 Å². The summed E-state index contributed by atoms with van der Waals surface area (Å²) < 4.78 is 6.02. The summed E-state index contributed by atoms with van der Waals surface area (Å²) in [6, 6.07) is 7.83. The van der Waals surface area contributed by atoms with Gasteiger partial charge in [-0.1, -0.05) is 30.1 Å². The maximum Gasteiger partial charge on any atom is 0.162 e. The van der Waals surface area contributed by atoms with Crippen molar-refractivity contribution in [2.75, 3.05) is 11.9 Å². The zero-order valence-electron chi connectivity index (χ0n) is 10.4. The number of ether oxygens (including phenoxy) is 1. The van der Waals surface area contributed by atoms with Crippen LogP contribution in [0.25, 0.3) is 0 Å². The molecular formula is C14H13Cl2NOS. The number of benzene rings is 1. The standard InChI is InChI=1S/C14H13Cl2NOS/c1-2-9-3-4-13(19-9)12-7-17-11-6-8(15)5-10(16)14(11)18-12/h3-6,12,17H,2,7H2,1H3. The van der Waals surface area contributed by atoms with Crippen LogP contribution >= 0.6 is 34.5 Å². The van der Waals surface area contributed by atoms with Crippen molar-refractivity contribution in [2.45, 2.75) is 19.4 Å². The van der Waals surface area contributed by atoms with Gasteiger partial charge in [0, 0.05) is 14.8 Å². The number of nitrogens with one attached hydrogen (secondary N) is 1. The first-order valence-corrected chi connectivity index (χ1v) is 7.72. The van der Waals surface area contributed by atoms with Gasteiger partial charge in [-0.25, -0.2) is 0 Å². The molecule has 0 radical (unpaired) electrons. The summed E-state index contributed by atoms with van der Waals surface area (Å²) in [4.78, 5) is 2.59. The fraction of sp³-hybridized carbons (Fsp3) is 0.286. The van der Waals surface area contributed by atoms with Crippen molar-refractivity contribution in [3.63, 3.8) is 0 Å². The molecule has 0 spiro atoms. The van der Waals surface area contributed by atoms with Gasteiger partial charge in [-0.2, -0.15) is 0 Å². The summed E-state index contributed by atoms with van der Waals surface area (Å²) in [5.41, 5.74) is 0.862. The van der Waals surface area contributed by atoms with E-state index in [4.69, 9.17) is 27.9 Å². The molecule has 1 aliphatic rings. The summed E-state index contributed by atoms with van der Waals surface area (Å²) >= 11 is 14.0. The highest BCUT2D eigenvalue weighted by Gasteiger charge is 2.24. The molecule has 0 saturated heterocycles. The van der Waals surface area contributed by atoms with Gasteiger partial charge >= 0.3 is 0 Å². The second kappa shape index (κ2) is 5.23. The predicted molar refractivity (Wildman–Crippen MR) is 82.0 cm³/mol. The quantitative estimate of drug-likeness (QED) is 0.826. The van der Waals surface area contributed by atoms with Crippen molar-refractivity contribution in [3.05, 3.63) is 44.1 Å². The summed E-state index contributed by atoms with van der Waals surface area (Å²) in [6.45, 7) is 2.89. The zero-order valence-corrected chi connectivity index (χ0v) is 12.7. The van der Waals surface area contributed by atoms with Gasteiger partial charge in [0.15, 0.2) is 11.9 Å². The number of hydrogen-bond donors (Lipinski definition) is 1. The van der Waals surface area contributed by atoms with Crippen LogP contribution in [-0.2, 0) is 6.42 Å². The van der Waals surface area contributed by atoms with Crippen molar-refractivity contribution < 1.29 is 4.74 Å². The number of rotatable bonds is 2. The lowest BCUT2D eigenvalue weighted by atomic mass is 10.2. The van der Waals surface area contributed by atoms with E-state index in [-0.39, 0.29) is 6.10 Å². The monoisotopic (exact) mass is 313 g/mol. The Morgan fingerprint density at radius 3 is 2.95 bits per heavy atom. The van der Waals surface area contributed by atoms with Gasteiger partial charge in [0.25, 0.3) is 0 Å². The molecule has 0 aliphatic carbocycles. The van der Waals surface area contributed by atoms with Crippen LogP contribution in [0, 0.1) is 0 Å². The Kier molecular flexibility index (Phi) is 3.61. The van der Waals surface area contributed by atoms with Crippen LogP contribution < -0.4 is 10.1 Å². The number of hydrogen-bond acceptors (Lipinski definition) is 3. The average Bonchev–Trinajstić information content (AvgIpc) is 2.87. The molecule has 19 heavy (non-hydrogen) atoms. The zero-order chi connectivity index (χ0) is 13.4. The minimum absolute atomic E-state index is 0.0106. The van der Waals surface area contributed by atoms with Crippen molar-refractivity contribution in [1.29, 1.82) is 0 Å². The third-order valence-electron chi connectivity index (χ3n) is 3.09. The molecule has 1 atom stereocenters. The molecule has 0 amide bonds. The SMILES string of the molecule is CCc1ccc(C2CNc3cc(Cl)cc(Cl)c3O2)s1. The van der Waals surface area contributed by atoms with E-state index in [0.717, 1.165) is 18.7 Å². The molecule has 1 aromatic heterocycles. The fourth-order valence-corrected chi connectivity index (χ4v) is 3.63. The Bertz CT molecular complexity index is 611. The highest BCUT2D eigenvalue weighted by Crippen LogP contribution is 2.42. The van der Waals surface area contributed by atoms with E-state index in [9.17, 15) is 0 Å². The molecule has 1 aromatic carbocycles. The number of thiophene rings is 1. The number of aryl methyl sites for hydroxylation is 1. The van der Waals surface area contributed by atoms with Crippen LogP contribution in [0.2, 0.25) is 10.0 Å². The molecule has 100 valence electrons. The van der Waals surface area contributed by atoms with E-state index in [1.54, 1.807) is 17.4 Å². The van der Waals surface area contributed by atoms with Crippen LogP contribution in [0.1, 0.15) is 22.8 Å². The van der Waals surface area contributed by atoms with E-state index in [1.165, 1.54) is 9.75 Å². The van der Waals surface area contributed by atoms with Crippen molar-refractivity contribution in [1.82, 2.24) is 0 Å². The highest BCUT2D eigenvalue weighted by molar-refractivity contribution is 7.12. The molecule has 5 heteroatoms. The lowest BCUT2D eigenvalue weighted by molar-refractivity contribution is 0.214. The second-order valence-corrected chi connectivity index (χ2v) is 6.45. The fourth-order valence-electron chi connectivity index (χ4n) is 2.11. The normalized spacial score (nSPS) is 17.5. The molecule has 2 heterocycles. The minimum atomic E-state index is 0.0106. The Morgan fingerprint density at radius 1 is 1.37 bits per heavy atom. The van der Waals surface area contributed by atoms with Crippen LogP contribution in [0.3, 0.4) is 0 Å². The Labute approximate surface area is 126 Å². The molecule has 3 rings (SSSR count). The summed E-state index contributed by atoms with van der Waals surface area (Å²) in [7, 11) is 0. The van der Waals surface area contributed by atoms with E-state index in [0.29, 0.717) is 15.8 Å². The second-order valence-electron chi connectivity index (χ2n) is 4.41. The van der Waals surface area contributed by atoms with Crippen LogP contribution in [0.15, 0.2) is 24.3 Å². The van der Waals surface area contributed by atoms with Gasteiger partial charge < -0.3 is 10.1 Å². The topological polar surface area (TPSA) is 21.3 Å². The molecular weight excluding hydrogens is 301 g/mol. The average molecular weight is 314 g/mol. The minimum Gasteiger partial charge on any atom is -0.479 e. The smallest absolute Gasteiger partial charge is 0.162 e. The number of halogens is 2. The Balaban J connectivity index is 1.89. The summed E-state index contributed by atoms with van der Waals surface area (Å²) in [5, 5.41) is 4.49. The molecule has 1 aliphatic heterocycles. The lowest BCUT2D eigenvalue weighted by Gasteiger charge is -2.27. The maximum atomic E-state index is 6.19. The first kappa shape index (κ1) is 13.1. The van der Waals surface area contributed by atoms with Gasteiger partial charge in [-0.15, -0.1) is 11.3 Å². The van der Waals surface area contributed by atoms with Gasteiger partial charge in [0.1, 0.15) is 0 Å². The molecule has 1 unspecified atom stereocenters. The van der Waals surface area contributed by atoms with Gasteiger partial charge in [-0.3, -0.25) is 0 Å². The third kappa shape index (κ3) is 2.55. The van der Waals surface area contributed by atoms with Crippen molar-refractivity contribution >= 4 is 40.2 Å². The Hall–Kier alpha value is -0.900. The van der Waals surface area contributed by atoms with Gasteiger partial charge in [0.05, 0.1) is 17.3 Å². The highest BCUT2D eigenvalue weighted by atomic mass is 35.5. The van der Waals surface area contributed by atoms with E-state index < -0.39 is 0 Å². The van der Waals surface area contributed by atoms with Crippen LogP contribution in [0.5, 0.6) is 5.75 Å². The molecule has 0 fully saturated rings. The Morgan fingerprint density at radius 2 is 2.21 bits per heavy atom. The molecule has 0 bridgehead atoms. The predicted octanol–water partition coefficient (Wildman–Crippen LogP) is 5.16. The first-order valence-electron chi connectivity index (χ1n) is 6.15. The number of fused-ring (bicyclic) bond motifs is 1. The van der Waals surface area contributed by atoms with Crippen molar-refractivity contribution in [3.8, 4) is 5.75 Å². The number of anilines is 1. The summed E-state index contributed by atoms with van der Waals surface area (Å²) in [5.74, 6) is 0.689. The van der Waals surface area contributed by atoms with Gasteiger partial charge in [0.2, 0.25) is 0 Å². The van der Waals surface area contributed by atoms with E-state index in [1.807, 2.05) is 6.07 Å². The van der Waals surface area contributed by atoms with E-state index >= 15 is 0 Å². The molecule has 1 N–H and O–H groups in total. The van der Waals surface area contributed by atoms with E-state index in [2.05, 4.69) is 24.4 Å². The van der Waals surface area contributed by atoms with Crippen molar-refractivity contribution in [2.24, 2.45) is 0 Å². The van der Waals surface area contributed by atoms with Crippen LogP contribution in [-0.4, -0.2) is 6.54 Å². The lowest BCUT2D eigenvalue weighted by Crippen LogP contribution is -2.23. The first-order chi connectivity index (χ1) is 9.17. The summed E-state index contributed by atoms with van der Waals surface area (Å²) in [6.07, 6.45) is 1.06. The largest absolute Gasteiger partial charge is 0.479 e. The van der Waals surface area contributed by atoms with Crippen LogP contribution in [0.4, 0.5) is 5.69 Å². The molecule has 0 saturated carbocycles. The third-order valence-corrected chi connectivity index (χ3v) is 4.92. The molecule has 2 aromatic rings.